The summed E-state index contributed by atoms with van der Waals surface area (Å²) in [7, 11) is 0.811. The van der Waals surface area contributed by atoms with Gasteiger partial charge in [-0.3, -0.25) is 4.79 Å². The predicted molar refractivity (Wildman–Crippen MR) is 151 cm³/mol. The molecule has 1 aromatic carbocycles. The fourth-order valence-corrected chi connectivity index (χ4v) is 6.57. The van der Waals surface area contributed by atoms with Gasteiger partial charge in [-0.2, -0.15) is 0 Å². The minimum atomic E-state index is -3.06. The molecule has 0 bridgehead atoms. The second kappa shape index (κ2) is 9.68. The third-order valence-electron chi connectivity index (χ3n) is 7.49. The smallest absolute Gasteiger partial charge is 0.227 e. The molecule has 2 aromatic heterocycles. The number of hydrogen-bond donors (Lipinski definition) is 2. The number of amides is 1. The van der Waals surface area contributed by atoms with E-state index in [0.29, 0.717) is 18.9 Å². The van der Waals surface area contributed by atoms with Crippen molar-refractivity contribution in [1.82, 2.24) is 20.3 Å². The van der Waals surface area contributed by atoms with Crippen LogP contribution in [0, 0.1) is 5.92 Å². The molecular formula is C27H35N7O3S. The number of nitrogens with zero attached hydrogens (tertiary/aromatic N) is 5. The van der Waals surface area contributed by atoms with E-state index in [1.165, 1.54) is 6.26 Å². The van der Waals surface area contributed by atoms with E-state index in [4.69, 9.17) is 4.98 Å². The van der Waals surface area contributed by atoms with Gasteiger partial charge < -0.3 is 20.4 Å². The molecule has 0 aliphatic carbocycles. The van der Waals surface area contributed by atoms with Gasteiger partial charge in [0, 0.05) is 74.1 Å². The van der Waals surface area contributed by atoms with Crippen LogP contribution in [0.15, 0.2) is 30.6 Å². The average molecular weight is 538 g/mol. The summed E-state index contributed by atoms with van der Waals surface area (Å²) < 4.78 is 23.9. The maximum Gasteiger partial charge on any atom is 0.227 e. The molecule has 2 fully saturated rings. The van der Waals surface area contributed by atoms with Gasteiger partial charge in [0.25, 0.3) is 0 Å². The maximum absolute atomic E-state index is 11.9. The van der Waals surface area contributed by atoms with Crippen molar-refractivity contribution in [3.63, 3.8) is 0 Å². The van der Waals surface area contributed by atoms with Crippen molar-refractivity contribution in [2.24, 2.45) is 5.92 Å². The summed E-state index contributed by atoms with van der Waals surface area (Å²) in [6, 6.07) is 5.95. The first-order valence-corrected chi connectivity index (χ1v) is 14.9. The van der Waals surface area contributed by atoms with Crippen LogP contribution in [0.4, 0.5) is 23.1 Å². The second-order valence-corrected chi connectivity index (χ2v) is 13.2. The molecule has 3 aromatic rings. The van der Waals surface area contributed by atoms with Crippen molar-refractivity contribution in [2.75, 3.05) is 47.8 Å². The highest BCUT2D eigenvalue weighted by Crippen LogP contribution is 2.43. The maximum atomic E-state index is 11.9. The topological polar surface area (TPSA) is 120 Å². The van der Waals surface area contributed by atoms with Crippen LogP contribution >= 0.6 is 0 Å². The van der Waals surface area contributed by atoms with Crippen molar-refractivity contribution in [1.29, 1.82) is 0 Å². The lowest BCUT2D eigenvalue weighted by Crippen LogP contribution is -2.57. The number of rotatable bonds is 8. The summed E-state index contributed by atoms with van der Waals surface area (Å²) in [5, 5.41) is 7.28. The number of fused-ring (bicyclic) bond motifs is 1. The van der Waals surface area contributed by atoms with Crippen LogP contribution in [0.2, 0.25) is 0 Å². The Balaban J connectivity index is 1.59. The van der Waals surface area contributed by atoms with E-state index in [9.17, 15) is 13.2 Å². The Labute approximate surface area is 223 Å². The lowest BCUT2D eigenvalue weighted by Gasteiger charge is -2.48. The summed E-state index contributed by atoms with van der Waals surface area (Å²) >= 11 is 0. The Morgan fingerprint density at radius 3 is 2.58 bits per heavy atom. The van der Waals surface area contributed by atoms with E-state index in [-0.39, 0.29) is 35.6 Å². The normalized spacial score (nSPS) is 21.2. The van der Waals surface area contributed by atoms with Gasteiger partial charge in [0.15, 0.2) is 0 Å². The Morgan fingerprint density at radius 2 is 1.97 bits per heavy atom. The fourth-order valence-electron chi connectivity index (χ4n) is 5.41. The lowest BCUT2D eigenvalue weighted by atomic mass is 9.84. The highest BCUT2D eigenvalue weighted by Gasteiger charge is 2.40. The van der Waals surface area contributed by atoms with Crippen LogP contribution in [0.5, 0.6) is 0 Å². The molecule has 5 rings (SSSR count). The number of carbonyl (C=O) groups excluding carboxylic acids is 1. The van der Waals surface area contributed by atoms with E-state index in [2.05, 4.69) is 52.3 Å². The number of aromatic nitrogens is 3. The molecule has 38 heavy (non-hydrogen) atoms. The molecule has 2 N–H and O–H groups in total. The molecule has 2 aliphatic heterocycles. The molecule has 4 heterocycles. The Bertz CT molecular complexity index is 1500. The third kappa shape index (κ3) is 4.99. The van der Waals surface area contributed by atoms with Gasteiger partial charge in [0.2, 0.25) is 11.9 Å². The molecular weight excluding hydrogens is 502 g/mol. The van der Waals surface area contributed by atoms with Gasteiger partial charge in [-0.25, -0.2) is 23.4 Å². The Kier molecular flexibility index (Phi) is 6.66. The van der Waals surface area contributed by atoms with Crippen LogP contribution in [0.25, 0.3) is 10.9 Å². The van der Waals surface area contributed by atoms with Crippen molar-refractivity contribution >= 4 is 49.8 Å². The third-order valence-corrected chi connectivity index (χ3v) is 8.53. The number of hydrogen-bond acceptors (Lipinski definition) is 9. The van der Waals surface area contributed by atoms with Crippen molar-refractivity contribution in [3.05, 3.63) is 41.7 Å². The van der Waals surface area contributed by atoms with Crippen LogP contribution in [0.3, 0.4) is 0 Å². The highest BCUT2D eigenvalue weighted by molar-refractivity contribution is 7.90. The molecule has 0 radical (unpaired) electrons. The molecule has 2 saturated heterocycles. The number of pyridine rings is 1. The molecule has 2 aliphatic rings. The highest BCUT2D eigenvalue weighted by atomic mass is 32.2. The zero-order valence-electron chi connectivity index (χ0n) is 22.7. The minimum Gasteiger partial charge on any atom is -0.367 e. The predicted octanol–water partition coefficient (Wildman–Crippen LogP) is 3.39. The number of benzene rings is 1. The van der Waals surface area contributed by atoms with Crippen molar-refractivity contribution < 1.29 is 13.2 Å². The van der Waals surface area contributed by atoms with Gasteiger partial charge in [0.1, 0.15) is 15.7 Å². The first-order chi connectivity index (χ1) is 17.9. The van der Waals surface area contributed by atoms with E-state index in [1.807, 2.05) is 37.3 Å². The Morgan fingerprint density at radius 1 is 1.24 bits per heavy atom. The number of nitrogens with one attached hydrogen (secondary N) is 2. The van der Waals surface area contributed by atoms with E-state index >= 15 is 0 Å². The second-order valence-electron chi connectivity index (χ2n) is 11.0. The summed E-state index contributed by atoms with van der Waals surface area (Å²) in [6.45, 7) is 6.97. The van der Waals surface area contributed by atoms with Gasteiger partial charge in [-0.1, -0.05) is 13.8 Å². The zero-order chi connectivity index (χ0) is 27.4. The van der Waals surface area contributed by atoms with Gasteiger partial charge >= 0.3 is 0 Å². The van der Waals surface area contributed by atoms with Gasteiger partial charge in [-0.15, -0.1) is 0 Å². The van der Waals surface area contributed by atoms with E-state index in [0.717, 1.165) is 39.2 Å². The number of anilines is 4. The van der Waals surface area contributed by atoms with E-state index in [1.54, 1.807) is 6.20 Å². The van der Waals surface area contributed by atoms with E-state index < -0.39 is 9.84 Å². The molecule has 202 valence electrons. The lowest BCUT2D eigenvalue weighted by molar-refractivity contribution is -0.128. The molecule has 0 saturated carbocycles. The summed E-state index contributed by atoms with van der Waals surface area (Å²) in [6.07, 6.45) is 5.32. The van der Waals surface area contributed by atoms with Crippen LogP contribution < -0.4 is 20.4 Å². The quantitative estimate of drug-likeness (QED) is 0.417. The molecule has 10 nitrogen and oxygen atoms in total. The number of sulfone groups is 1. The number of β-lactam (4-membered cyclic amide) rings is 1. The van der Waals surface area contributed by atoms with Crippen LogP contribution in [-0.4, -0.2) is 68.0 Å². The number of carbonyl (C=O) groups is 1. The first kappa shape index (κ1) is 26.1. The Hall–Kier alpha value is -3.47. The van der Waals surface area contributed by atoms with Crippen molar-refractivity contribution in [3.8, 4) is 0 Å². The summed E-state index contributed by atoms with van der Waals surface area (Å²) in [5.74, 6) is 1.73. The van der Waals surface area contributed by atoms with Crippen LogP contribution in [-0.2, 0) is 14.6 Å². The zero-order valence-corrected chi connectivity index (χ0v) is 23.5. The molecule has 1 amide bonds. The summed E-state index contributed by atoms with van der Waals surface area (Å²) in [5.41, 5.74) is 4.79. The molecule has 11 heteroatoms. The largest absolute Gasteiger partial charge is 0.367 e. The fraction of sp³-hybridized carbons (Fsp3) is 0.481. The first-order valence-electron chi connectivity index (χ1n) is 12.9. The standard InChI is InChI=1S/C27H35N7O3S/c1-15(2)25-19(21-11-24(35)31-21)10-22(34-13-17(16(34)3)14-38(6,36)37)20-12-29-27(32-26(20)25)30-18-7-8-28-23(9-18)33(4)5/h7-10,12,15-17,21H,11,13-14H2,1-6H3,(H,31,35)(H,28,29,30,32)/t16-,17-,21?/m1/s1. The van der Waals surface area contributed by atoms with Gasteiger partial charge in [-0.05, 0) is 36.1 Å². The molecule has 0 spiro atoms. The van der Waals surface area contributed by atoms with Crippen molar-refractivity contribution in [2.45, 2.75) is 45.2 Å². The summed E-state index contributed by atoms with van der Waals surface area (Å²) in [4.78, 5) is 30.0. The molecule has 1 unspecified atom stereocenters. The monoisotopic (exact) mass is 537 g/mol. The van der Waals surface area contributed by atoms with Crippen LogP contribution in [0.1, 0.15) is 50.3 Å². The SMILES string of the molecule is CC(C)c1c(C2CC(=O)N2)cc(N2C[C@H](CS(C)(=O)=O)[C@H]2C)c2cnc(Nc3ccnc(N(C)C)c3)nc12. The average Bonchev–Trinajstić information content (AvgIpc) is 2.82. The molecule has 3 atom stereocenters. The van der Waals surface area contributed by atoms with Gasteiger partial charge in [0.05, 0.1) is 23.7 Å². The minimum absolute atomic E-state index is 0.0383.